The summed E-state index contributed by atoms with van der Waals surface area (Å²) in [5.41, 5.74) is 0. The van der Waals surface area contributed by atoms with E-state index in [1.54, 1.807) is 0 Å². The van der Waals surface area contributed by atoms with Crippen LogP contribution in [0.3, 0.4) is 0 Å². The number of aromatic nitrogens is 4. The molecule has 0 aromatic carbocycles. The Balaban J connectivity index is 2.16. The Bertz CT molecular complexity index is 292. The quantitative estimate of drug-likeness (QED) is 0.413. The maximum absolute atomic E-state index is 9.52. The second-order valence-corrected chi connectivity index (χ2v) is 3.03. The van der Waals surface area contributed by atoms with Gasteiger partial charge in [-0.1, -0.05) is 5.21 Å². The maximum atomic E-state index is 9.52. The summed E-state index contributed by atoms with van der Waals surface area (Å²) in [4.78, 5) is 0. The molecule has 1 fully saturated rings. The minimum absolute atomic E-state index is 0.160. The molecule has 1 aliphatic rings. The van der Waals surface area contributed by atoms with Gasteiger partial charge in [0.15, 0.2) is 0 Å². The highest BCUT2D eigenvalue weighted by Crippen LogP contribution is 2.30. The smallest absolute Gasteiger partial charge is 0.206 e. The fourth-order valence-corrected chi connectivity index (χ4v) is 1.40. The number of nitrogens with zero attached hydrogens (tertiary/aromatic N) is 3. The average molecular weight is 202 g/mol. The third-order valence-corrected chi connectivity index (χ3v) is 2.16. The lowest BCUT2D eigenvalue weighted by Crippen LogP contribution is -2.32. The average Bonchev–Trinajstić information content (AvgIpc) is 2.78. The molecule has 0 radical (unpaired) electrons. The monoisotopic (exact) mass is 202 g/mol. The first-order valence-corrected chi connectivity index (χ1v) is 4.10. The second kappa shape index (κ2) is 3.58. The summed E-state index contributed by atoms with van der Waals surface area (Å²) >= 11 is 0. The van der Waals surface area contributed by atoms with Crippen molar-refractivity contribution in [2.75, 3.05) is 6.61 Å². The fraction of sp³-hybridized carbons (Fsp3) is 0.833. The van der Waals surface area contributed by atoms with Crippen LogP contribution >= 0.6 is 0 Å². The van der Waals surface area contributed by atoms with Gasteiger partial charge >= 0.3 is 0 Å². The molecule has 1 aromatic heterocycles. The van der Waals surface area contributed by atoms with Crippen LogP contribution in [0.2, 0.25) is 0 Å². The Morgan fingerprint density at radius 2 is 2.14 bits per heavy atom. The van der Waals surface area contributed by atoms with Crippen LogP contribution in [0.25, 0.3) is 0 Å². The maximum Gasteiger partial charge on any atom is 0.206 e. The Hall–Kier alpha value is -1.09. The van der Waals surface area contributed by atoms with Gasteiger partial charge in [0.05, 0.1) is 6.61 Å². The number of aliphatic hydroxyl groups excluding tert-OH is 3. The molecule has 1 aromatic rings. The van der Waals surface area contributed by atoms with E-state index < -0.39 is 24.4 Å². The molecule has 0 amide bonds. The number of hydrogen-bond acceptors (Lipinski definition) is 7. The zero-order valence-electron chi connectivity index (χ0n) is 7.11. The van der Waals surface area contributed by atoms with Crippen LogP contribution < -0.4 is 0 Å². The molecule has 4 N–H and O–H groups in total. The van der Waals surface area contributed by atoms with Crippen LogP contribution in [0.15, 0.2) is 0 Å². The number of ether oxygens (including phenoxy) is 1. The zero-order valence-corrected chi connectivity index (χ0v) is 7.11. The van der Waals surface area contributed by atoms with Crippen LogP contribution in [-0.2, 0) is 4.74 Å². The van der Waals surface area contributed by atoms with Gasteiger partial charge in [0.2, 0.25) is 5.82 Å². The van der Waals surface area contributed by atoms with Gasteiger partial charge in [-0.3, -0.25) is 0 Å². The Morgan fingerprint density at radius 1 is 1.36 bits per heavy atom. The molecule has 8 nitrogen and oxygen atoms in total. The second-order valence-electron chi connectivity index (χ2n) is 3.03. The van der Waals surface area contributed by atoms with Crippen LogP contribution in [0, 0.1) is 0 Å². The fourth-order valence-electron chi connectivity index (χ4n) is 1.40. The van der Waals surface area contributed by atoms with Crippen molar-refractivity contribution in [1.29, 1.82) is 0 Å². The number of hydrogen-bond donors (Lipinski definition) is 4. The van der Waals surface area contributed by atoms with E-state index in [0.29, 0.717) is 0 Å². The highest BCUT2D eigenvalue weighted by Gasteiger charge is 2.44. The highest BCUT2D eigenvalue weighted by atomic mass is 16.6. The Morgan fingerprint density at radius 3 is 2.64 bits per heavy atom. The Labute approximate surface area is 78.5 Å². The lowest BCUT2D eigenvalue weighted by Gasteiger charge is -2.10. The molecule has 14 heavy (non-hydrogen) atoms. The van der Waals surface area contributed by atoms with Crippen LogP contribution in [0.4, 0.5) is 0 Å². The molecule has 4 atom stereocenters. The number of H-pyrrole nitrogens is 1. The van der Waals surface area contributed by atoms with Crippen molar-refractivity contribution in [1.82, 2.24) is 20.6 Å². The number of aromatic amines is 1. The van der Waals surface area contributed by atoms with Gasteiger partial charge in [-0.15, -0.1) is 10.2 Å². The molecular formula is C6H10N4O4. The molecule has 2 heterocycles. The first kappa shape index (κ1) is 9.46. The Kier molecular flexibility index (Phi) is 2.42. The van der Waals surface area contributed by atoms with E-state index in [0.717, 1.165) is 0 Å². The molecule has 1 saturated heterocycles. The van der Waals surface area contributed by atoms with Crippen molar-refractivity contribution in [3.8, 4) is 0 Å². The van der Waals surface area contributed by atoms with Gasteiger partial charge in [-0.25, -0.2) is 0 Å². The van der Waals surface area contributed by atoms with E-state index in [1.165, 1.54) is 0 Å². The van der Waals surface area contributed by atoms with E-state index in [9.17, 15) is 10.2 Å². The van der Waals surface area contributed by atoms with Gasteiger partial charge in [0.25, 0.3) is 0 Å². The molecule has 0 aliphatic carbocycles. The van der Waals surface area contributed by atoms with Crippen LogP contribution in [-0.4, -0.2) is 60.9 Å². The number of rotatable bonds is 2. The minimum Gasteiger partial charge on any atom is -0.394 e. The van der Waals surface area contributed by atoms with E-state index in [2.05, 4.69) is 20.6 Å². The van der Waals surface area contributed by atoms with Crippen molar-refractivity contribution in [2.45, 2.75) is 24.4 Å². The number of nitrogens with one attached hydrogen (secondary N) is 1. The number of aliphatic hydroxyl groups is 3. The summed E-state index contributed by atoms with van der Waals surface area (Å²) < 4.78 is 5.14. The van der Waals surface area contributed by atoms with Crippen LogP contribution in [0.1, 0.15) is 11.9 Å². The van der Waals surface area contributed by atoms with Crippen molar-refractivity contribution in [3.63, 3.8) is 0 Å². The van der Waals surface area contributed by atoms with Gasteiger partial charge in [-0.05, 0) is 0 Å². The van der Waals surface area contributed by atoms with Crippen molar-refractivity contribution in [2.24, 2.45) is 0 Å². The first-order chi connectivity index (χ1) is 6.74. The third kappa shape index (κ3) is 1.38. The molecule has 1 aliphatic heterocycles. The summed E-state index contributed by atoms with van der Waals surface area (Å²) in [6.07, 6.45) is -3.94. The van der Waals surface area contributed by atoms with Crippen LogP contribution in [0.5, 0.6) is 0 Å². The van der Waals surface area contributed by atoms with E-state index in [1.807, 2.05) is 0 Å². The van der Waals surface area contributed by atoms with E-state index in [-0.39, 0.29) is 12.4 Å². The highest BCUT2D eigenvalue weighted by molar-refractivity contribution is 4.99. The molecular weight excluding hydrogens is 192 g/mol. The minimum atomic E-state index is -1.15. The molecule has 0 spiro atoms. The van der Waals surface area contributed by atoms with Crippen molar-refractivity contribution < 1.29 is 20.1 Å². The van der Waals surface area contributed by atoms with E-state index in [4.69, 9.17) is 9.84 Å². The lowest BCUT2D eigenvalue weighted by molar-refractivity contribution is -0.0252. The molecule has 0 unspecified atom stereocenters. The van der Waals surface area contributed by atoms with E-state index >= 15 is 0 Å². The third-order valence-electron chi connectivity index (χ3n) is 2.16. The largest absolute Gasteiger partial charge is 0.394 e. The molecule has 0 bridgehead atoms. The predicted octanol–water partition coefficient (Wildman–Crippen LogP) is -2.65. The normalized spacial score (nSPS) is 37.6. The summed E-state index contributed by atoms with van der Waals surface area (Å²) in [6, 6.07) is 0. The summed E-state index contributed by atoms with van der Waals surface area (Å²) in [5, 5.41) is 40.5. The first-order valence-electron chi connectivity index (χ1n) is 4.10. The molecule has 78 valence electrons. The molecule has 2 rings (SSSR count). The summed E-state index contributed by atoms with van der Waals surface area (Å²) in [6.45, 7) is -0.368. The van der Waals surface area contributed by atoms with Gasteiger partial charge < -0.3 is 20.1 Å². The molecule has 8 heteroatoms. The van der Waals surface area contributed by atoms with Crippen molar-refractivity contribution in [3.05, 3.63) is 5.82 Å². The predicted molar refractivity (Wildman–Crippen MR) is 40.9 cm³/mol. The molecule has 0 saturated carbocycles. The van der Waals surface area contributed by atoms with Gasteiger partial charge in [0.1, 0.15) is 24.4 Å². The lowest BCUT2D eigenvalue weighted by atomic mass is 10.1. The topological polar surface area (TPSA) is 124 Å². The number of tetrazole rings is 1. The summed E-state index contributed by atoms with van der Waals surface area (Å²) in [5.74, 6) is 0.160. The SMILES string of the molecule is OC[C@H]1O[C@H](c2nn[nH]n2)[C@@H](O)[C@@H]1O. The zero-order chi connectivity index (χ0) is 10.1. The van der Waals surface area contributed by atoms with Gasteiger partial charge in [0, 0.05) is 0 Å². The van der Waals surface area contributed by atoms with Crippen molar-refractivity contribution >= 4 is 0 Å². The summed E-state index contributed by atoms with van der Waals surface area (Å²) in [7, 11) is 0. The van der Waals surface area contributed by atoms with Gasteiger partial charge in [-0.2, -0.15) is 5.21 Å². The standard InChI is InChI=1S/C6H10N4O4/c11-1-2-3(12)4(13)5(14-2)6-7-9-10-8-6/h2-5,11-13H,1H2,(H,7,8,9,10)/t2-,3-,4+,5+/m1/s1.